The predicted octanol–water partition coefficient (Wildman–Crippen LogP) is 3.89. The normalized spacial score (nSPS) is 17.5. The van der Waals surface area contributed by atoms with Crippen molar-refractivity contribution in [3.8, 4) is 6.07 Å². The smallest absolute Gasteiger partial charge is 0.207 e. The van der Waals surface area contributed by atoms with Crippen molar-refractivity contribution in [2.45, 2.75) is 42.9 Å². The Morgan fingerprint density at radius 1 is 1.04 bits per heavy atom. The number of rotatable bonds is 5. The number of piperidine rings is 1. The first-order valence-electron chi connectivity index (χ1n) is 9.08. The molecule has 0 aromatic heterocycles. The van der Waals surface area contributed by atoms with Crippen molar-refractivity contribution in [2.24, 2.45) is 0 Å². The molecule has 0 saturated carbocycles. The van der Waals surface area contributed by atoms with Gasteiger partial charge in [0.25, 0.3) is 0 Å². The zero-order chi connectivity index (χ0) is 18.6. The maximum Gasteiger partial charge on any atom is 0.243 e. The van der Waals surface area contributed by atoms with Crippen LogP contribution in [0.25, 0.3) is 0 Å². The fourth-order valence-corrected chi connectivity index (χ4v) is 5.04. The summed E-state index contributed by atoms with van der Waals surface area (Å²) in [5.41, 5.74) is 1.53. The molecule has 3 rings (SSSR count). The minimum atomic E-state index is -3.51. The van der Waals surface area contributed by atoms with Crippen molar-refractivity contribution in [1.29, 1.82) is 5.26 Å². The van der Waals surface area contributed by atoms with Crippen LogP contribution in [0.15, 0.2) is 59.5 Å². The van der Waals surface area contributed by atoms with Crippen LogP contribution < -0.4 is 0 Å². The maximum atomic E-state index is 12.9. The highest BCUT2D eigenvalue weighted by molar-refractivity contribution is 7.89. The second-order valence-electron chi connectivity index (χ2n) is 6.86. The molecular formula is C21H24N2O2S. The van der Waals surface area contributed by atoms with Gasteiger partial charge in [0.1, 0.15) is 0 Å². The minimum Gasteiger partial charge on any atom is -0.207 e. The number of benzene rings is 2. The lowest BCUT2D eigenvalue weighted by Gasteiger charge is -2.37. The SMILES string of the molecule is CCCc1ccc(S(=O)(=O)N2CCC(C#N)(c3ccccc3)CC2)cc1. The number of hydrogen-bond acceptors (Lipinski definition) is 3. The summed E-state index contributed by atoms with van der Waals surface area (Å²) in [6.07, 6.45) is 3.01. The van der Waals surface area contributed by atoms with Gasteiger partial charge in [-0.1, -0.05) is 55.8 Å². The van der Waals surface area contributed by atoms with E-state index in [2.05, 4.69) is 13.0 Å². The average Bonchev–Trinajstić information content (AvgIpc) is 2.69. The van der Waals surface area contributed by atoms with Gasteiger partial charge >= 0.3 is 0 Å². The molecule has 26 heavy (non-hydrogen) atoms. The Labute approximate surface area is 156 Å². The van der Waals surface area contributed by atoms with Gasteiger partial charge in [0.15, 0.2) is 0 Å². The van der Waals surface area contributed by atoms with Gasteiger partial charge in [-0.15, -0.1) is 0 Å². The van der Waals surface area contributed by atoms with E-state index in [1.807, 2.05) is 42.5 Å². The molecule has 1 heterocycles. The third kappa shape index (κ3) is 3.53. The lowest BCUT2D eigenvalue weighted by atomic mass is 9.74. The van der Waals surface area contributed by atoms with E-state index in [0.717, 1.165) is 24.0 Å². The Hall–Kier alpha value is -2.16. The van der Waals surface area contributed by atoms with E-state index in [4.69, 9.17) is 0 Å². The van der Waals surface area contributed by atoms with E-state index in [0.29, 0.717) is 30.8 Å². The van der Waals surface area contributed by atoms with Gasteiger partial charge in [-0.25, -0.2) is 8.42 Å². The second kappa shape index (κ2) is 7.61. The van der Waals surface area contributed by atoms with Crippen molar-refractivity contribution < 1.29 is 8.42 Å². The molecule has 1 aliphatic heterocycles. The molecule has 0 unspecified atom stereocenters. The molecule has 0 N–H and O–H groups in total. The summed E-state index contributed by atoms with van der Waals surface area (Å²) in [6.45, 7) is 2.83. The largest absolute Gasteiger partial charge is 0.243 e. The van der Waals surface area contributed by atoms with Crippen molar-refractivity contribution in [3.63, 3.8) is 0 Å². The van der Waals surface area contributed by atoms with E-state index in [1.54, 1.807) is 12.1 Å². The summed E-state index contributed by atoms with van der Waals surface area (Å²) in [6, 6.07) is 19.3. The highest BCUT2D eigenvalue weighted by Crippen LogP contribution is 2.36. The zero-order valence-corrected chi connectivity index (χ0v) is 15.9. The molecule has 2 aromatic carbocycles. The first kappa shape index (κ1) is 18.6. The fourth-order valence-electron chi connectivity index (χ4n) is 3.60. The first-order valence-corrected chi connectivity index (χ1v) is 10.5. The molecule has 0 bridgehead atoms. The third-order valence-corrected chi connectivity index (χ3v) is 7.13. The van der Waals surface area contributed by atoms with Crippen LogP contribution in [0.2, 0.25) is 0 Å². The van der Waals surface area contributed by atoms with Crippen molar-refractivity contribution >= 4 is 10.0 Å². The fraction of sp³-hybridized carbons (Fsp3) is 0.381. The molecule has 0 spiro atoms. The molecular weight excluding hydrogens is 344 g/mol. The summed E-state index contributed by atoms with van der Waals surface area (Å²) in [7, 11) is -3.51. The van der Waals surface area contributed by atoms with Gasteiger partial charge in [0, 0.05) is 13.1 Å². The highest BCUT2D eigenvalue weighted by atomic mass is 32.2. The van der Waals surface area contributed by atoms with Crippen LogP contribution in [0.3, 0.4) is 0 Å². The Kier molecular flexibility index (Phi) is 5.45. The molecule has 4 nitrogen and oxygen atoms in total. The van der Waals surface area contributed by atoms with E-state index in [9.17, 15) is 13.7 Å². The maximum absolute atomic E-state index is 12.9. The van der Waals surface area contributed by atoms with Gasteiger partial charge in [0.2, 0.25) is 10.0 Å². The molecule has 1 saturated heterocycles. The summed E-state index contributed by atoms with van der Waals surface area (Å²) < 4.78 is 27.4. The van der Waals surface area contributed by atoms with Crippen LogP contribution in [-0.4, -0.2) is 25.8 Å². The number of nitrogens with zero attached hydrogens (tertiary/aromatic N) is 2. The van der Waals surface area contributed by atoms with E-state index < -0.39 is 15.4 Å². The Morgan fingerprint density at radius 3 is 2.19 bits per heavy atom. The number of sulfonamides is 1. The summed E-state index contributed by atoms with van der Waals surface area (Å²) in [5.74, 6) is 0. The average molecular weight is 369 g/mol. The lowest BCUT2D eigenvalue weighted by molar-refractivity contribution is 0.277. The minimum absolute atomic E-state index is 0.335. The zero-order valence-electron chi connectivity index (χ0n) is 15.1. The molecule has 0 aliphatic carbocycles. The standard InChI is InChI=1S/C21H24N2O2S/c1-2-6-18-9-11-20(12-10-18)26(24,25)23-15-13-21(17-22,14-16-23)19-7-4-3-5-8-19/h3-5,7-12H,2,6,13-16H2,1H3. The third-order valence-electron chi connectivity index (χ3n) is 5.22. The van der Waals surface area contributed by atoms with Gasteiger partial charge in [-0.3, -0.25) is 0 Å². The topological polar surface area (TPSA) is 61.2 Å². The first-order chi connectivity index (χ1) is 12.5. The van der Waals surface area contributed by atoms with Gasteiger partial charge in [-0.2, -0.15) is 9.57 Å². The monoisotopic (exact) mass is 368 g/mol. The number of nitriles is 1. The molecule has 1 aliphatic rings. The van der Waals surface area contributed by atoms with Crippen LogP contribution in [0, 0.1) is 11.3 Å². The molecule has 0 amide bonds. The predicted molar refractivity (Wildman–Crippen MR) is 102 cm³/mol. The Bertz CT molecular complexity index is 876. The summed E-state index contributed by atoms with van der Waals surface area (Å²) >= 11 is 0. The van der Waals surface area contributed by atoms with Crippen LogP contribution in [-0.2, 0) is 21.9 Å². The molecule has 136 valence electrons. The summed E-state index contributed by atoms with van der Waals surface area (Å²) in [4.78, 5) is 0.335. The van der Waals surface area contributed by atoms with Gasteiger partial charge in [0.05, 0.1) is 16.4 Å². The van der Waals surface area contributed by atoms with E-state index in [1.165, 1.54) is 4.31 Å². The van der Waals surface area contributed by atoms with Crippen LogP contribution in [0.5, 0.6) is 0 Å². The van der Waals surface area contributed by atoms with Crippen LogP contribution in [0.1, 0.15) is 37.3 Å². The molecule has 0 radical (unpaired) electrons. The van der Waals surface area contributed by atoms with Crippen LogP contribution >= 0.6 is 0 Å². The molecule has 5 heteroatoms. The highest BCUT2D eigenvalue weighted by Gasteiger charge is 2.39. The molecule has 0 atom stereocenters. The summed E-state index contributed by atoms with van der Waals surface area (Å²) in [5, 5.41) is 9.76. The second-order valence-corrected chi connectivity index (χ2v) is 8.80. The lowest BCUT2D eigenvalue weighted by Crippen LogP contribution is -2.44. The van der Waals surface area contributed by atoms with Crippen molar-refractivity contribution in [2.75, 3.05) is 13.1 Å². The van der Waals surface area contributed by atoms with Gasteiger partial charge in [-0.05, 0) is 42.5 Å². The molecule has 2 aromatic rings. The van der Waals surface area contributed by atoms with Crippen molar-refractivity contribution in [1.82, 2.24) is 4.31 Å². The molecule has 1 fully saturated rings. The van der Waals surface area contributed by atoms with Gasteiger partial charge < -0.3 is 0 Å². The van der Waals surface area contributed by atoms with E-state index >= 15 is 0 Å². The Balaban J connectivity index is 1.77. The number of hydrogen-bond donors (Lipinski definition) is 0. The van der Waals surface area contributed by atoms with E-state index in [-0.39, 0.29) is 0 Å². The van der Waals surface area contributed by atoms with Crippen LogP contribution in [0.4, 0.5) is 0 Å². The van der Waals surface area contributed by atoms with Crippen molar-refractivity contribution in [3.05, 3.63) is 65.7 Å². The Morgan fingerprint density at radius 2 is 1.65 bits per heavy atom. The quantitative estimate of drug-likeness (QED) is 0.804. The number of aryl methyl sites for hydroxylation is 1.